The standard InChI is InChI=1S/C13H15N3O3/c1-2-19-10-6-9(7-10)16-12-5-8(13(17)18)3-4-11(12)14-15-16/h3-5,9-10H,2,6-7H2,1H3,(H,17,18). The molecule has 0 saturated heterocycles. The maximum Gasteiger partial charge on any atom is 0.335 e. The molecule has 0 radical (unpaired) electrons. The lowest BCUT2D eigenvalue weighted by Gasteiger charge is -2.34. The van der Waals surface area contributed by atoms with Gasteiger partial charge in [0, 0.05) is 6.61 Å². The van der Waals surface area contributed by atoms with Crippen LogP contribution < -0.4 is 0 Å². The highest BCUT2D eigenvalue weighted by atomic mass is 16.5. The molecule has 0 bridgehead atoms. The van der Waals surface area contributed by atoms with Gasteiger partial charge in [-0.2, -0.15) is 0 Å². The topological polar surface area (TPSA) is 77.2 Å². The Morgan fingerprint density at radius 2 is 2.32 bits per heavy atom. The van der Waals surface area contributed by atoms with Crippen LogP contribution in [0.1, 0.15) is 36.2 Å². The molecule has 1 aliphatic carbocycles. The highest BCUT2D eigenvalue weighted by molar-refractivity contribution is 5.92. The third-order valence-corrected chi connectivity index (χ3v) is 3.54. The van der Waals surface area contributed by atoms with E-state index in [4.69, 9.17) is 9.84 Å². The normalized spacial score (nSPS) is 22.4. The van der Waals surface area contributed by atoms with Crippen LogP contribution in [0.15, 0.2) is 18.2 Å². The van der Waals surface area contributed by atoms with E-state index in [0.29, 0.717) is 0 Å². The summed E-state index contributed by atoms with van der Waals surface area (Å²) in [5, 5.41) is 17.2. The van der Waals surface area contributed by atoms with Gasteiger partial charge in [-0.05, 0) is 38.0 Å². The molecule has 1 N–H and O–H groups in total. The molecule has 6 heteroatoms. The van der Waals surface area contributed by atoms with Crippen molar-refractivity contribution in [2.45, 2.75) is 31.9 Å². The number of hydrogen-bond donors (Lipinski definition) is 1. The summed E-state index contributed by atoms with van der Waals surface area (Å²) in [6.45, 7) is 2.70. The predicted octanol–water partition coefficient (Wildman–Crippen LogP) is 1.87. The van der Waals surface area contributed by atoms with E-state index in [-0.39, 0.29) is 17.7 Å². The lowest BCUT2D eigenvalue weighted by molar-refractivity contribution is -0.0220. The Bertz CT molecular complexity index is 617. The Morgan fingerprint density at radius 1 is 1.53 bits per heavy atom. The van der Waals surface area contributed by atoms with Gasteiger partial charge in [-0.1, -0.05) is 5.21 Å². The van der Waals surface area contributed by atoms with Crippen molar-refractivity contribution in [3.8, 4) is 0 Å². The summed E-state index contributed by atoms with van der Waals surface area (Å²) in [6.07, 6.45) is 2.10. The van der Waals surface area contributed by atoms with E-state index in [1.807, 2.05) is 11.6 Å². The van der Waals surface area contributed by atoms with Crippen molar-refractivity contribution in [3.63, 3.8) is 0 Å². The van der Waals surface area contributed by atoms with E-state index in [2.05, 4.69) is 10.3 Å². The highest BCUT2D eigenvalue weighted by Crippen LogP contribution is 2.35. The molecule has 0 spiro atoms. The highest BCUT2D eigenvalue weighted by Gasteiger charge is 2.32. The van der Waals surface area contributed by atoms with Gasteiger partial charge in [0.05, 0.1) is 23.2 Å². The number of benzene rings is 1. The maximum atomic E-state index is 11.0. The van der Waals surface area contributed by atoms with Crippen LogP contribution in [0.4, 0.5) is 0 Å². The van der Waals surface area contributed by atoms with E-state index in [1.54, 1.807) is 18.2 Å². The van der Waals surface area contributed by atoms with Crippen LogP contribution in [-0.4, -0.2) is 38.8 Å². The van der Waals surface area contributed by atoms with Gasteiger partial charge in [0.15, 0.2) is 0 Å². The van der Waals surface area contributed by atoms with Gasteiger partial charge in [-0.3, -0.25) is 0 Å². The van der Waals surface area contributed by atoms with Gasteiger partial charge < -0.3 is 9.84 Å². The van der Waals surface area contributed by atoms with E-state index < -0.39 is 5.97 Å². The van der Waals surface area contributed by atoms with Crippen molar-refractivity contribution < 1.29 is 14.6 Å². The summed E-state index contributed by atoms with van der Waals surface area (Å²) in [5.74, 6) is -0.935. The van der Waals surface area contributed by atoms with Crippen molar-refractivity contribution in [2.24, 2.45) is 0 Å². The second-order valence-electron chi connectivity index (χ2n) is 4.75. The SMILES string of the molecule is CCOC1CC(n2nnc3ccc(C(=O)O)cc32)C1. The minimum atomic E-state index is -0.935. The molecule has 1 heterocycles. The van der Waals surface area contributed by atoms with Crippen molar-refractivity contribution in [1.29, 1.82) is 0 Å². The number of ether oxygens (including phenoxy) is 1. The minimum Gasteiger partial charge on any atom is -0.478 e. The number of rotatable bonds is 4. The molecule has 1 aliphatic rings. The van der Waals surface area contributed by atoms with Gasteiger partial charge >= 0.3 is 5.97 Å². The first-order valence-electron chi connectivity index (χ1n) is 6.39. The number of carboxylic acid groups (broad SMARTS) is 1. The Kier molecular flexibility index (Phi) is 2.94. The fraction of sp³-hybridized carbons (Fsp3) is 0.462. The zero-order valence-electron chi connectivity index (χ0n) is 10.6. The molecule has 0 amide bonds. The quantitative estimate of drug-likeness (QED) is 0.909. The molecule has 1 saturated carbocycles. The third-order valence-electron chi connectivity index (χ3n) is 3.54. The first-order chi connectivity index (χ1) is 9.19. The molecule has 19 heavy (non-hydrogen) atoms. The molecule has 1 aromatic carbocycles. The van der Waals surface area contributed by atoms with Crippen LogP contribution in [0.2, 0.25) is 0 Å². The predicted molar refractivity (Wildman–Crippen MR) is 68.2 cm³/mol. The Hall–Kier alpha value is -1.95. The number of carbonyl (C=O) groups is 1. The van der Waals surface area contributed by atoms with Crippen LogP contribution >= 0.6 is 0 Å². The number of fused-ring (bicyclic) bond motifs is 1. The Balaban J connectivity index is 1.88. The summed E-state index contributed by atoms with van der Waals surface area (Å²) in [6, 6.07) is 5.13. The van der Waals surface area contributed by atoms with Gasteiger partial charge in [0.25, 0.3) is 0 Å². The van der Waals surface area contributed by atoms with Gasteiger partial charge in [-0.25, -0.2) is 9.48 Å². The second-order valence-corrected chi connectivity index (χ2v) is 4.75. The van der Waals surface area contributed by atoms with E-state index >= 15 is 0 Å². The lowest BCUT2D eigenvalue weighted by atomic mass is 9.89. The summed E-state index contributed by atoms with van der Waals surface area (Å²) in [5.41, 5.74) is 1.77. The zero-order valence-corrected chi connectivity index (χ0v) is 10.6. The average Bonchev–Trinajstić information content (AvgIpc) is 2.75. The summed E-state index contributed by atoms with van der Waals surface area (Å²) in [4.78, 5) is 11.0. The fourth-order valence-corrected chi connectivity index (χ4v) is 2.45. The number of hydrogen-bond acceptors (Lipinski definition) is 4. The van der Waals surface area contributed by atoms with Gasteiger partial charge in [0.1, 0.15) is 5.52 Å². The van der Waals surface area contributed by atoms with Gasteiger partial charge in [-0.15, -0.1) is 5.10 Å². The van der Waals surface area contributed by atoms with E-state index in [9.17, 15) is 4.79 Å². The number of carboxylic acids is 1. The van der Waals surface area contributed by atoms with Gasteiger partial charge in [0.2, 0.25) is 0 Å². The van der Waals surface area contributed by atoms with Crippen molar-refractivity contribution in [1.82, 2.24) is 15.0 Å². The first-order valence-corrected chi connectivity index (χ1v) is 6.39. The zero-order chi connectivity index (χ0) is 13.4. The molecule has 0 unspecified atom stereocenters. The molecule has 2 aromatic rings. The van der Waals surface area contributed by atoms with E-state index in [0.717, 1.165) is 30.5 Å². The first kappa shape index (κ1) is 12.1. The van der Waals surface area contributed by atoms with Crippen molar-refractivity contribution in [2.75, 3.05) is 6.61 Å². The van der Waals surface area contributed by atoms with E-state index in [1.165, 1.54) is 0 Å². The minimum absolute atomic E-state index is 0.255. The number of aromatic carboxylic acids is 1. The molecule has 100 valence electrons. The third kappa shape index (κ3) is 2.08. The molecule has 1 aromatic heterocycles. The number of aromatic nitrogens is 3. The van der Waals surface area contributed by atoms with Crippen LogP contribution in [-0.2, 0) is 4.74 Å². The maximum absolute atomic E-state index is 11.0. The van der Waals surface area contributed by atoms with Crippen molar-refractivity contribution >= 4 is 17.0 Å². The molecule has 0 atom stereocenters. The number of nitrogens with zero attached hydrogens (tertiary/aromatic N) is 3. The smallest absolute Gasteiger partial charge is 0.335 e. The molecular weight excluding hydrogens is 246 g/mol. The lowest BCUT2D eigenvalue weighted by Crippen LogP contribution is -2.33. The summed E-state index contributed by atoms with van der Waals surface area (Å²) in [7, 11) is 0. The fourth-order valence-electron chi connectivity index (χ4n) is 2.45. The Labute approximate surface area is 110 Å². The van der Waals surface area contributed by atoms with Crippen LogP contribution in [0.5, 0.6) is 0 Å². The van der Waals surface area contributed by atoms with Crippen molar-refractivity contribution in [3.05, 3.63) is 23.8 Å². The largest absolute Gasteiger partial charge is 0.478 e. The summed E-state index contributed by atoms with van der Waals surface area (Å²) >= 11 is 0. The molecule has 6 nitrogen and oxygen atoms in total. The molecular formula is C13H15N3O3. The van der Waals surface area contributed by atoms with Crippen LogP contribution in [0.25, 0.3) is 11.0 Å². The molecule has 3 rings (SSSR count). The molecule has 0 aliphatic heterocycles. The van der Waals surface area contributed by atoms with Crippen LogP contribution in [0, 0.1) is 0 Å². The summed E-state index contributed by atoms with van der Waals surface area (Å²) < 4.78 is 7.34. The van der Waals surface area contributed by atoms with Crippen LogP contribution in [0.3, 0.4) is 0 Å². The average molecular weight is 261 g/mol. The second kappa shape index (κ2) is 4.62. The Morgan fingerprint density at radius 3 is 3.00 bits per heavy atom. The molecule has 1 fully saturated rings. The monoisotopic (exact) mass is 261 g/mol.